The molecule has 8 heteroatoms. The Morgan fingerprint density at radius 1 is 1.00 bits per heavy atom. The number of piperidine rings is 1. The van der Waals surface area contributed by atoms with E-state index >= 15 is 0 Å². The van der Waals surface area contributed by atoms with Crippen molar-refractivity contribution in [3.8, 4) is 0 Å². The van der Waals surface area contributed by atoms with Crippen molar-refractivity contribution in [3.63, 3.8) is 0 Å². The van der Waals surface area contributed by atoms with Gasteiger partial charge in [-0.2, -0.15) is 0 Å². The van der Waals surface area contributed by atoms with E-state index in [9.17, 15) is 9.90 Å². The van der Waals surface area contributed by atoms with Crippen LogP contribution in [-0.4, -0.2) is 60.7 Å². The molecule has 3 saturated heterocycles. The van der Waals surface area contributed by atoms with Crippen molar-refractivity contribution in [3.05, 3.63) is 65.2 Å². The summed E-state index contributed by atoms with van der Waals surface area (Å²) in [5, 5.41) is 12.3. The maximum atomic E-state index is 11.4. The Morgan fingerprint density at radius 2 is 1.64 bits per heavy atom. The maximum Gasteiger partial charge on any atom is 0.221 e. The summed E-state index contributed by atoms with van der Waals surface area (Å²) in [5.41, 5.74) is 3.59. The summed E-state index contributed by atoms with van der Waals surface area (Å²) in [4.78, 5) is 13.8. The molecule has 2 N–H and O–H groups in total. The van der Waals surface area contributed by atoms with Gasteiger partial charge in [-0.3, -0.25) is 4.79 Å². The monoisotopic (exact) mass is 496 g/mol. The fraction of sp³-hybridized carbons (Fsp3) is 0.536. The summed E-state index contributed by atoms with van der Waals surface area (Å²) >= 11 is 0. The number of rotatable bonds is 6. The highest BCUT2D eigenvalue weighted by atomic mass is 16.7. The summed E-state index contributed by atoms with van der Waals surface area (Å²) in [5.74, 6) is -0.381. The molecule has 5 rings (SSSR count). The molecule has 0 radical (unpaired) electrons. The molecule has 36 heavy (non-hydrogen) atoms. The molecule has 1 amide bonds. The molecule has 0 unspecified atom stereocenters. The van der Waals surface area contributed by atoms with Gasteiger partial charge in [-0.05, 0) is 23.3 Å². The van der Waals surface area contributed by atoms with E-state index in [-0.39, 0.29) is 30.6 Å². The molecule has 2 aromatic rings. The van der Waals surface area contributed by atoms with Crippen LogP contribution in [0.4, 0.5) is 5.69 Å². The Balaban J connectivity index is 1.33. The Morgan fingerprint density at radius 3 is 2.25 bits per heavy atom. The average Bonchev–Trinajstić information content (AvgIpc) is 3.35. The lowest BCUT2D eigenvalue weighted by molar-refractivity contribution is -0.278. The second kappa shape index (κ2) is 11.0. The smallest absolute Gasteiger partial charge is 0.221 e. The quantitative estimate of drug-likeness (QED) is 0.629. The van der Waals surface area contributed by atoms with Crippen LogP contribution in [0, 0.1) is 5.92 Å². The minimum atomic E-state index is -0.530. The van der Waals surface area contributed by atoms with Gasteiger partial charge in [0.2, 0.25) is 5.91 Å². The highest BCUT2D eigenvalue weighted by Gasteiger charge is 2.43. The molecule has 3 aliphatic heterocycles. The SMILES string of the molecule is CC(=O)Nc1ccc([C@@H]2O[C@H](CN3CCC4(CC3)OCCO4)[C@H](C)[C@H](c3ccc(CO)cc3)O2)cc1. The first-order chi connectivity index (χ1) is 17.4. The van der Waals surface area contributed by atoms with E-state index in [1.165, 1.54) is 6.92 Å². The van der Waals surface area contributed by atoms with Crippen molar-refractivity contribution in [2.45, 2.75) is 57.6 Å². The van der Waals surface area contributed by atoms with Crippen molar-refractivity contribution in [1.29, 1.82) is 0 Å². The largest absolute Gasteiger partial charge is 0.392 e. The Bertz CT molecular complexity index is 1010. The first-order valence-electron chi connectivity index (χ1n) is 12.8. The summed E-state index contributed by atoms with van der Waals surface area (Å²) in [6.07, 6.45) is 1.00. The second-order valence-electron chi connectivity index (χ2n) is 10.0. The maximum absolute atomic E-state index is 11.4. The molecule has 2 aromatic carbocycles. The Kier molecular flexibility index (Phi) is 7.71. The standard InChI is InChI=1S/C28H36N2O6/c1-19-25(17-30-13-11-28(12-14-30)33-15-16-34-28)35-27(23-7-9-24(10-8-23)29-20(2)32)36-26(19)22-5-3-21(18-31)4-6-22/h3-10,19,25-27,31H,11-18H2,1-2H3,(H,29,32)/t19-,25+,26+,27+/m0/s1. The number of ether oxygens (including phenoxy) is 4. The molecule has 0 aromatic heterocycles. The number of aliphatic hydroxyl groups is 1. The number of aliphatic hydroxyl groups excluding tert-OH is 1. The van der Waals surface area contributed by atoms with Gasteiger partial charge in [0.1, 0.15) is 0 Å². The zero-order chi connectivity index (χ0) is 25.1. The molecule has 3 aliphatic rings. The highest BCUT2D eigenvalue weighted by molar-refractivity contribution is 5.88. The number of carbonyl (C=O) groups is 1. The minimum Gasteiger partial charge on any atom is -0.392 e. The molecule has 8 nitrogen and oxygen atoms in total. The number of anilines is 1. The van der Waals surface area contributed by atoms with E-state index in [0.717, 1.165) is 54.9 Å². The van der Waals surface area contributed by atoms with Gasteiger partial charge in [-0.25, -0.2) is 0 Å². The van der Waals surface area contributed by atoms with Crippen LogP contribution in [0.3, 0.4) is 0 Å². The fourth-order valence-electron chi connectivity index (χ4n) is 5.37. The molecule has 4 atom stereocenters. The lowest BCUT2D eigenvalue weighted by atomic mass is 9.89. The van der Waals surface area contributed by atoms with Gasteiger partial charge in [0.15, 0.2) is 12.1 Å². The molecule has 1 spiro atoms. The first-order valence-corrected chi connectivity index (χ1v) is 12.8. The van der Waals surface area contributed by atoms with Crippen molar-refractivity contribution in [2.75, 3.05) is 38.2 Å². The topological polar surface area (TPSA) is 89.5 Å². The third-order valence-electron chi connectivity index (χ3n) is 7.50. The number of benzene rings is 2. The fourth-order valence-corrected chi connectivity index (χ4v) is 5.37. The van der Waals surface area contributed by atoms with Crippen LogP contribution in [0.2, 0.25) is 0 Å². The van der Waals surface area contributed by atoms with Crippen molar-refractivity contribution in [2.24, 2.45) is 5.92 Å². The molecule has 3 fully saturated rings. The van der Waals surface area contributed by atoms with Gasteiger partial charge in [0.25, 0.3) is 0 Å². The number of nitrogens with one attached hydrogen (secondary N) is 1. The van der Waals surface area contributed by atoms with Gasteiger partial charge in [0.05, 0.1) is 32.0 Å². The van der Waals surface area contributed by atoms with Crippen LogP contribution in [0.5, 0.6) is 0 Å². The van der Waals surface area contributed by atoms with E-state index in [2.05, 4.69) is 17.1 Å². The van der Waals surface area contributed by atoms with Crippen LogP contribution in [0.1, 0.15) is 55.8 Å². The number of hydrogen-bond donors (Lipinski definition) is 2. The molecule has 0 bridgehead atoms. The van der Waals surface area contributed by atoms with E-state index < -0.39 is 12.1 Å². The van der Waals surface area contributed by atoms with E-state index in [0.29, 0.717) is 13.2 Å². The van der Waals surface area contributed by atoms with Gasteiger partial charge in [-0.1, -0.05) is 43.3 Å². The van der Waals surface area contributed by atoms with E-state index in [1.54, 1.807) is 0 Å². The first kappa shape index (κ1) is 25.3. The lowest BCUT2D eigenvalue weighted by Gasteiger charge is -2.44. The number of nitrogens with zero attached hydrogens (tertiary/aromatic N) is 1. The van der Waals surface area contributed by atoms with Gasteiger partial charge >= 0.3 is 0 Å². The molecule has 194 valence electrons. The normalized spacial score (nSPS) is 28.3. The van der Waals surface area contributed by atoms with Gasteiger partial charge < -0.3 is 34.3 Å². The van der Waals surface area contributed by atoms with Crippen LogP contribution < -0.4 is 5.32 Å². The Hall–Kier alpha value is -2.33. The van der Waals surface area contributed by atoms with E-state index in [1.807, 2.05) is 48.5 Å². The second-order valence-corrected chi connectivity index (χ2v) is 10.0. The van der Waals surface area contributed by atoms with Gasteiger partial charge in [-0.15, -0.1) is 0 Å². The van der Waals surface area contributed by atoms with Crippen molar-refractivity contribution < 1.29 is 28.8 Å². The summed E-state index contributed by atoms with van der Waals surface area (Å²) in [7, 11) is 0. The van der Waals surface area contributed by atoms with Crippen LogP contribution in [-0.2, 0) is 30.3 Å². The van der Waals surface area contributed by atoms with Crippen LogP contribution >= 0.6 is 0 Å². The zero-order valence-corrected chi connectivity index (χ0v) is 21.0. The molecular formula is C28H36N2O6. The summed E-state index contributed by atoms with van der Waals surface area (Å²) in [6, 6.07) is 15.6. The molecule has 0 saturated carbocycles. The zero-order valence-electron chi connectivity index (χ0n) is 21.0. The summed E-state index contributed by atoms with van der Waals surface area (Å²) < 4.78 is 24.9. The predicted molar refractivity (Wildman–Crippen MR) is 134 cm³/mol. The number of carbonyl (C=O) groups excluding carboxylic acids is 1. The number of hydrogen-bond acceptors (Lipinski definition) is 7. The summed E-state index contributed by atoms with van der Waals surface area (Å²) in [6.45, 7) is 7.65. The van der Waals surface area contributed by atoms with Crippen LogP contribution in [0.25, 0.3) is 0 Å². The minimum absolute atomic E-state index is 0.0141. The number of amides is 1. The Labute approximate surface area is 212 Å². The van der Waals surface area contributed by atoms with E-state index in [4.69, 9.17) is 18.9 Å². The average molecular weight is 497 g/mol. The highest BCUT2D eigenvalue weighted by Crippen LogP contribution is 2.42. The third-order valence-corrected chi connectivity index (χ3v) is 7.50. The lowest BCUT2D eigenvalue weighted by Crippen LogP contribution is -2.50. The molecule has 0 aliphatic carbocycles. The van der Waals surface area contributed by atoms with Crippen LogP contribution in [0.15, 0.2) is 48.5 Å². The van der Waals surface area contributed by atoms with Crippen molar-refractivity contribution >= 4 is 11.6 Å². The van der Waals surface area contributed by atoms with Crippen molar-refractivity contribution in [1.82, 2.24) is 4.90 Å². The van der Waals surface area contributed by atoms with Gasteiger partial charge in [0, 0.05) is 56.6 Å². The molecule has 3 heterocycles. The number of likely N-dealkylation sites (tertiary alicyclic amines) is 1. The predicted octanol–water partition coefficient (Wildman–Crippen LogP) is 3.77. The molecular weight excluding hydrogens is 460 g/mol. The third kappa shape index (κ3) is 5.64.